The molecule has 1 aliphatic rings. The lowest BCUT2D eigenvalue weighted by Crippen LogP contribution is -2.29. The first-order valence-electron chi connectivity index (χ1n) is 10.0. The van der Waals surface area contributed by atoms with Gasteiger partial charge in [-0.05, 0) is 35.4 Å². The summed E-state index contributed by atoms with van der Waals surface area (Å²) in [5.74, 6) is -1.61. The molecule has 1 saturated heterocycles. The number of aromatic amines is 1. The fourth-order valence-corrected chi connectivity index (χ4v) is 4.26. The van der Waals surface area contributed by atoms with Gasteiger partial charge < -0.3 is 15.0 Å². The Bertz CT molecular complexity index is 1360. The van der Waals surface area contributed by atoms with Crippen LogP contribution in [0.4, 0.5) is 0 Å². The van der Waals surface area contributed by atoms with Gasteiger partial charge in [0.05, 0.1) is 11.6 Å². The Labute approximate surface area is 188 Å². The topological polar surface area (TPSA) is 86.3 Å². The van der Waals surface area contributed by atoms with Gasteiger partial charge in [-0.3, -0.25) is 14.6 Å². The summed E-state index contributed by atoms with van der Waals surface area (Å²) in [4.78, 5) is 34.9. The number of hydrogen-bond acceptors (Lipinski definition) is 4. The zero-order valence-corrected chi connectivity index (χ0v) is 17.6. The molecule has 6 nitrogen and oxygen atoms in total. The standard InChI is InChI=1S/C25H18ClN3O3/c26-17-9-7-16(8-10-17)22-21(23(30)19-13-28-20-6-2-1-5-18(19)20)24(31)25(32)29(22)14-15-4-3-11-27-12-15/h1-13,22,28,30H,14H2/b23-21-. The lowest BCUT2D eigenvalue weighted by atomic mass is 9.95. The second kappa shape index (κ2) is 7.98. The van der Waals surface area contributed by atoms with Gasteiger partial charge in [0.15, 0.2) is 0 Å². The van der Waals surface area contributed by atoms with Gasteiger partial charge in [-0.15, -0.1) is 0 Å². The number of benzene rings is 2. The van der Waals surface area contributed by atoms with E-state index in [1.54, 1.807) is 48.9 Å². The summed E-state index contributed by atoms with van der Waals surface area (Å²) in [5.41, 5.74) is 2.80. The van der Waals surface area contributed by atoms with Crippen LogP contribution in [-0.2, 0) is 16.1 Å². The number of aliphatic hydroxyl groups is 1. The van der Waals surface area contributed by atoms with Gasteiger partial charge in [-0.1, -0.05) is 48.0 Å². The van der Waals surface area contributed by atoms with E-state index in [9.17, 15) is 14.7 Å². The maximum absolute atomic E-state index is 13.2. The van der Waals surface area contributed by atoms with E-state index in [0.717, 1.165) is 16.5 Å². The fourth-order valence-electron chi connectivity index (χ4n) is 4.14. The van der Waals surface area contributed by atoms with E-state index in [1.165, 1.54) is 4.90 Å². The molecule has 0 spiro atoms. The second-order valence-corrected chi connectivity index (χ2v) is 8.02. The highest BCUT2D eigenvalue weighted by molar-refractivity contribution is 6.46. The molecule has 2 N–H and O–H groups in total. The van der Waals surface area contributed by atoms with Gasteiger partial charge in [0, 0.05) is 46.6 Å². The van der Waals surface area contributed by atoms with Crippen LogP contribution >= 0.6 is 11.6 Å². The Balaban J connectivity index is 1.69. The maximum atomic E-state index is 13.2. The van der Waals surface area contributed by atoms with Crippen molar-refractivity contribution < 1.29 is 14.7 Å². The van der Waals surface area contributed by atoms with E-state index in [4.69, 9.17) is 11.6 Å². The van der Waals surface area contributed by atoms with Crippen LogP contribution in [0.1, 0.15) is 22.7 Å². The molecule has 7 heteroatoms. The zero-order chi connectivity index (χ0) is 22.2. The van der Waals surface area contributed by atoms with Gasteiger partial charge in [0.1, 0.15) is 5.76 Å². The van der Waals surface area contributed by atoms with E-state index in [2.05, 4.69) is 9.97 Å². The molecule has 0 bridgehead atoms. The number of pyridine rings is 1. The van der Waals surface area contributed by atoms with Crippen molar-refractivity contribution in [2.45, 2.75) is 12.6 Å². The molecule has 2 aromatic carbocycles. The van der Waals surface area contributed by atoms with Crippen molar-refractivity contribution >= 4 is 40.0 Å². The van der Waals surface area contributed by atoms with Crippen molar-refractivity contribution in [2.24, 2.45) is 0 Å². The number of halogens is 1. The number of amides is 1. The zero-order valence-electron chi connectivity index (χ0n) is 16.8. The number of likely N-dealkylation sites (tertiary alicyclic amines) is 1. The predicted molar refractivity (Wildman–Crippen MR) is 122 cm³/mol. The lowest BCUT2D eigenvalue weighted by Gasteiger charge is -2.25. The number of Topliss-reactive ketones (excluding diaryl/α,β-unsaturated/α-hetero) is 1. The smallest absolute Gasteiger partial charge is 0.295 e. The molecule has 158 valence electrons. The molecule has 0 radical (unpaired) electrons. The number of ketones is 1. The summed E-state index contributed by atoms with van der Waals surface area (Å²) in [6, 6.07) is 17.2. The molecule has 1 amide bonds. The average Bonchev–Trinajstić information content (AvgIpc) is 3.35. The normalized spacial score (nSPS) is 17.9. The highest BCUT2D eigenvalue weighted by Crippen LogP contribution is 2.41. The summed E-state index contributed by atoms with van der Waals surface area (Å²) in [6.07, 6.45) is 4.94. The van der Waals surface area contributed by atoms with Crippen LogP contribution < -0.4 is 0 Å². The molecular weight excluding hydrogens is 426 g/mol. The molecule has 1 unspecified atom stereocenters. The Morgan fingerprint density at radius 3 is 2.59 bits per heavy atom. The molecule has 1 fully saturated rings. The van der Waals surface area contributed by atoms with E-state index < -0.39 is 17.7 Å². The number of nitrogens with zero attached hydrogens (tertiary/aromatic N) is 2. The van der Waals surface area contributed by atoms with Crippen molar-refractivity contribution in [3.8, 4) is 0 Å². The largest absolute Gasteiger partial charge is 0.507 e. The number of para-hydroxylation sites is 1. The van der Waals surface area contributed by atoms with Gasteiger partial charge in [-0.2, -0.15) is 0 Å². The Morgan fingerprint density at radius 2 is 1.84 bits per heavy atom. The van der Waals surface area contributed by atoms with Crippen LogP contribution in [0.3, 0.4) is 0 Å². The monoisotopic (exact) mass is 443 g/mol. The fraction of sp³-hybridized carbons (Fsp3) is 0.0800. The van der Waals surface area contributed by atoms with Crippen molar-refractivity contribution in [3.05, 3.63) is 107 Å². The summed E-state index contributed by atoms with van der Waals surface area (Å²) in [6.45, 7) is 0.177. The molecule has 1 atom stereocenters. The quantitative estimate of drug-likeness (QED) is 0.268. The second-order valence-electron chi connectivity index (χ2n) is 7.59. The molecule has 3 heterocycles. The van der Waals surface area contributed by atoms with E-state index >= 15 is 0 Å². The third-order valence-corrected chi connectivity index (χ3v) is 5.90. The first kappa shape index (κ1) is 20.0. The Morgan fingerprint density at radius 1 is 1.06 bits per heavy atom. The van der Waals surface area contributed by atoms with E-state index in [-0.39, 0.29) is 17.9 Å². The minimum atomic E-state index is -0.763. The first-order valence-corrected chi connectivity index (χ1v) is 10.4. The summed E-state index contributed by atoms with van der Waals surface area (Å²) in [7, 11) is 0. The lowest BCUT2D eigenvalue weighted by molar-refractivity contribution is -0.140. The molecule has 4 aromatic rings. The van der Waals surface area contributed by atoms with Crippen molar-refractivity contribution in [2.75, 3.05) is 0 Å². The van der Waals surface area contributed by atoms with Crippen LogP contribution in [0.5, 0.6) is 0 Å². The summed E-state index contributed by atoms with van der Waals surface area (Å²) >= 11 is 6.07. The number of carbonyl (C=O) groups excluding carboxylic acids is 2. The molecule has 32 heavy (non-hydrogen) atoms. The number of H-pyrrole nitrogens is 1. The van der Waals surface area contributed by atoms with Gasteiger partial charge >= 0.3 is 0 Å². The van der Waals surface area contributed by atoms with Crippen LogP contribution in [0.25, 0.3) is 16.7 Å². The number of aliphatic hydroxyl groups excluding tert-OH is 1. The van der Waals surface area contributed by atoms with Gasteiger partial charge in [0.2, 0.25) is 0 Å². The highest BCUT2D eigenvalue weighted by atomic mass is 35.5. The molecule has 0 aliphatic carbocycles. The SMILES string of the molecule is O=C1C(=O)N(Cc2cccnc2)C(c2ccc(Cl)cc2)/C1=C(/O)c1c[nH]c2ccccc12. The third-order valence-electron chi connectivity index (χ3n) is 5.65. The van der Waals surface area contributed by atoms with Crippen LogP contribution in [0.2, 0.25) is 5.02 Å². The van der Waals surface area contributed by atoms with Gasteiger partial charge in [-0.25, -0.2) is 0 Å². The molecular formula is C25H18ClN3O3. The molecule has 1 aliphatic heterocycles. The summed E-state index contributed by atoms with van der Waals surface area (Å²) in [5, 5.41) is 12.6. The third kappa shape index (κ3) is 3.35. The van der Waals surface area contributed by atoms with Gasteiger partial charge in [0.25, 0.3) is 11.7 Å². The molecule has 2 aromatic heterocycles. The number of fused-ring (bicyclic) bond motifs is 1. The van der Waals surface area contributed by atoms with E-state index in [1.807, 2.05) is 30.3 Å². The van der Waals surface area contributed by atoms with E-state index in [0.29, 0.717) is 16.1 Å². The maximum Gasteiger partial charge on any atom is 0.295 e. The minimum Gasteiger partial charge on any atom is -0.507 e. The van der Waals surface area contributed by atoms with Crippen molar-refractivity contribution in [1.29, 1.82) is 0 Å². The number of aromatic nitrogens is 2. The summed E-state index contributed by atoms with van der Waals surface area (Å²) < 4.78 is 0. The average molecular weight is 444 g/mol. The van der Waals surface area contributed by atoms with Crippen molar-refractivity contribution in [3.63, 3.8) is 0 Å². The van der Waals surface area contributed by atoms with Crippen LogP contribution in [0.15, 0.2) is 84.8 Å². The number of carbonyl (C=O) groups is 2. The van der Waals surface area contributed by atoms with Crippen LogP contribution in [0, 0.1) is 0 Å². The first-order chi connectivity index (χ1) is 15.5. The highest BCUT2D eigenvalue weighted by Gasteiger charge is 2.46. The number of rotatable bonds is 4. The molecule has 0 saturated carbocycles. The predicted octanol–water partition coefficient (Wildman–Crippen LogP) is 4.84. The molecule has 5 rings (SSSR count). The number of hydrogen-bond donors (Lipinski definition) is 2. The van der Waals surface area contributed by atoms with Crippen molar-refractivity contribution in [1.82, 2.24) is 14.9 Å². The number of nitrogens with one attached hydrogen (secondary N) is 1. The van der Waals surface area contributed by atoms with Crippen LogP contribution in [-0.4, -0.2) is 31.7 Å². The minimum absolute atomic E-state index is 0.0472. The Kier molecular flexibility index (Phi) is 4.99. The Hall–Kier alpha value is -3.90.